The van der Waals surface area contributed by atoms with Crippen LogP contribution in [0.2, 0.25) is 0 Å². The Balaban J connectivity index is 1.43. The topological polar surface area (TPSA) is 116 Å². The third-order valence-electron chi connectivity index (χ3n) is 6.09. The number of carbonyl (C=O) groups is 4. The van der Waals surface area contributed by atoms with Gasteiger partial charge in [0.05, 0.1) is 46.1 Å². The van der Waals surface area contributed by atoms with E-state index < -0.39 is 11.9 Å². The van der Waals surface area contributed by atoms with Gasteiger partial charge in [0.15, 0.2) is 4.80 Å². The highest BCUT2D eigenvalue weighted by Crippen LogP contribution is 2.38. The van der Waals surface area contributed by atoms with Gasteiger partial charge >= 0.3 is 11.9 Å². The van der Waals surface area contributed by atoms with Gasteiger partial charge in [-0.1, -0.05) is 17.4 Å². The first-order chi connectivity index (χ1) is 19.4. The van der Waals surface area contributed by atoms with Crippen molar-refractivity contribution in [3.05, 3.63) is 57.2 Å². The van der Waals surface area contributed by atoms with E-state index in [1.807, 2.05) is 4.57 Å². The van der Waals surface area contributed by atoms with E-state index in [2.05, 4.69) is 16.9 Å². The van der Waals surface area contributed by atoms with Gasteiger partial charge in [-0.3, -0.25) is 9.59 Å². The van der Waals surface area contributed by atoms with E-state index in [4.69, 9.17) is 9.47 Å². The molecule has 40 heavy (non-hydrogen) atoms. The zero-order chi connectivity index (χ0) is 28.6. The smallest absolute Gasteiger partial charge is 0.341 e. The van der Waals surface area contributed by atoms with E-state index in [9.17, 15) is 19.2 Å². The number of ether oxygens (including phenoxy) is 2. The van der Waals surface area contributed by atoms with Gasteiger partial charge in [-0.05, 0) is 63.3 Å². The number of thiazole rings is 1. The summed E-state index contributed by atoms with van der Waals surface area (Å²) in [6.45, 7) is 8.28. The number of amides is 2. The number of esters is 2. The summed E-state index contributed by atoms with van der Waals surface area (Å²) in [4.78, 5) is 56.1. The van der Waals surface area contributed by atoms with Crippen molar-refractivity contribution in [1.82, 2.24) is 4.57 Å². The molecule has 0 bridgehead atoms. The van der Waals surface area contributed by atoms with Crippen LogP contribution in [-0.4, -0.2) is 53.0 Å². The molecule has 4 rings (SSSR count). The van der Waals surface area contributed by atoms with Crippen LogP contribution in [0, 0.1) is 0 Å². The monoisotopic (exact) mass is 601 g/mol. The summed E-state index contributed by atoms with van der Waals surface area (Å²) in [7, 11) is 0. The molecule has 2 amide bonds. The largest absolute Gasteiger partial charge is 0.462 e. The van der Waals surface area contributed by atoms with E-state index in [1.165, 1.54) is 22.7 Å². The van der Waals surface area contributed by atoms with Gasteiger partial charge in [-0.2, -0.15) is 4.99 Å². The number of hydrogen-bond acceptors (Lipinski definition) is 9. The molecule has 0 fully saturated rings. The molecule has 0 saturated heterocycles. The second-order valence-electron chi connectivity index (χ2n) is 8.87. The van der Waals surface area contributed by atoms with E-state index in [1.54, 1.807) is 38.1 Å². The number of nitrogens with one attached hydrogen (secondary N) is 1. The number of aryl methyl sites for hydroxylation is 1. The van der Waals surface area contributed by atoms with Gasteiger partial charge in [-0.25, -0.2) is 9.59 Å². The predicted octanol–water partition coefficient (Wildman–Crippen LogP) is 4.98. The number of anilines is 1. The molecule has 2 heterocycles. The first-order valence-electron chi connectivity index (χ1n) is 13.0. The van der Waals surface area contributed by atoms with Crippen molar-refractivity contribution in [3.63, 3.8) is 0 Å². The summed E-state index contributed by atoms with van der Waals surface area (Å²) >= 11 is 3.88. The highest BCUT2D eigenvalue weighted by molar-refractivity contribution is 8.00. The minimum atomic E-state index is -0.413. The number of hydrogen-bond donors (Lipinski definition) is 1. The van der Waals surface area contributed by atoms with Gasteiger partial charge in [0.25, 0.3) is 5.91 Å². The van der Waals surface area contributed by atoms with Gasteiger partial charge in [0.2, 0.25) is 5.91 Å². The summed E-state index contributed by atoms with van der Waals surface area (Å²) in [5, 5.41) is 3.38. The highest BCUT2D eigenvalue weighted by atomic mass is 32.2. The van der Waals surface area contributed by atoms with Crippen LogP contribution in [0.25, 0.3) is 10.2 Å². The van der Waals surface area contributed by atoms with E-state index >= 15 is 0 Å². The number of rotatable bonds is 11. The number of fused-ring (bicyclic) bond motifs is 2. The Kier molecular flexibility index (Phi) is 10.3. The molecule has 0 spiro atoms. The van der Waals surface area contributed by atoms with Crippen LogP contribution in [0.1, 0.15) is 57.8 Å². The minimum Gasteiger partial charge on any atom is -0.462 e. The molecule has 0 atom stereocenters. The van der Waals surface area contributed by atoms with Gasteiger partial charge < -0.3 is 19.4 Å². The van der Waals surface area contributed by atoms with Crippen LogP contribution in [0.5, 0.6) is 0 Å². The van der Waals surface area contributed by atoms with Crippen molar-refractivity contribution in [3.8, 4) is 0 Å². The molecule has 212 valence electrons. The molecule has 2 aromatic heterocycles. The number of nitrogens with zero attached hydrogens (tertiary/aromatic N) is 2. The van der Waals surface area contributed by atoms with Crippen molar-refractivity contribution in [1.29, 1.82) is 0 Å². The molecule has 1 aromatic carbocycles. The fourth-order valence-electron chi connectivity index (χ4n) is 4.41. The molecule has 1 aliphatic carbocycles. The number of allylic oxidation sites excluding steroid dienone is 1. The lowest BCUT2D eigenvalue weighted by Crippen LogP contribution is -2.19. The third-order valence-corrected chi connectivity index (χ3v) is 9.25. The Morgan fingerprint density at radius 2 is 1.82 bits per heavy atom. The van der Waals surface area contributed by atoms with Crippen LogP contribution < -0.4 is 10.1 Å². The molecular weight excluding hydrogens is 571 g/mol. The minimum absolute atomic E-state index is 0.00943. The van der Waals surface area contributed by atoms with Crippen molar-refractivity contribution in [2.45, 2.75) is 46.1 Å². The van der Waals surface area contributed by atoms with E-state index in [0.29, 0.717) is 27.5 Å². The number of benzene rings is 1. The van der Waals surface area contributed by atoms with Crippen molar-refractivity contribution in [2.24, 2.45) is 4.99 Å². The lowest BCUT2D eigenvalue weighted by atomic mass is 9.95. The maximum atomic E-state index is 12.7. The lowest BCUT2D eigenvalue weighted by molar-refractivity contribution is -0.115. The number of thioether (sulfide) groups is 1. The standard InChI is InChI=1S/C28H31N3O6S3/c1-4-13-31-19-12-11-17(26(34)36-5-2)14-21(19)40-28(31)30-23(33)16-38-15-22(32)29-25-24(27(35)37-6-3)18-9-7-8-10-20(18)39-25/h4,11-12,14H,1,5-10,13,15-16H2,2-3H3,(H,29,32). The molecule has 9 nitrogen and oxygen atoms in total. The number of carbonyl (C=O) groups excluding carboxylic acids is 4. The zero-order valence-electron chi connectivity index (χ0n) is 22.4. The van der Waals surface area contributed by atoms with Crippen LogP contribution in [0.4, 0.5) is 5.00 Å². The molecule has 1 aliphatic rings. The highest BCUT2D eigenvalue weighted by Gasteiger charge is 2.27. The van der Waals surface area contributed by atoms with Crippen molar-refractivity contribution < 1.29 is 28.7 Å². The van der Waals surface area contributed by atoms with Crippen LogP contribution in [-0.2, 0) is 38.4 Å². The lowest BCUT2D eigenvalue weighted by Gasteiger charge is -2.12. The number of aromatic nitrogens is 1. The summed E-state index contributed by atoms with van der Waals surface area (Å²) in [5.74, 6) is -1.45. The number of thiophene rings is 1. The van der Waals surface area contributed by atoms with Crippen molar-refractivity contribution in [2.75, 3.05) is 30.0 Å². The van der Waals surface area contributed by atoms with Crippen LogP contribution in [0.3, 0.4) is 0 Å². The maximum absolute atomic E-state index is 12.7. The maximum Gasteiger partial charge on any atom is 0.341 e. The summed E-state index contributed by atoms with van der Waals surface area (Å²) in [6.07, 6.45) is 5.46. The van der Waals surface area contributed by atoms with Crippen LogP contribution >= 0.6 is 34.4 Å². The Morgan fingerprint density at radius 3 is 2.58 bits per heavy atom. The van der Waals surface area contributed by atoms with Gasteiger partial charge in [0.1, 0.15) is 5.00 Å². The van der Waals surface area contributed by atoms with Gasteiger partial charge in [-0.15, -0.1) is 29.7 Å². The molecular formula is C28H31N3O6S3. The van der Waals surface area contributed by atoms with E-state index in [-0.39, 0.29) is 36.5 Å². The van der Waals surface area contributed by atoms with Crippen LogP contribution in [0.15, 0.2) is 35.8 Å². The zero-order valence-corrected chi connectivity index (χ0v) is 24.9. The first kappa shape index (κ1) is 29.8. The average molecular weight is 602 g/mol. The third kappa shape index (κ3) is 6.91. The Hall–Kier alpha value is -3.22. The Labute approximate surface area is 244 Å². The summed E-state index contributed by atoms with van der Waals surface area (Å²) in [6, 6.07) is 5.22. The summed E-state index contributed by atoms with van der Waals surface area (Å²) in [5.41, 5.74) is 2.71. The fraction of sp³-hybridized carbons (Fsp3) is 0.393. The Morgan fingerprint density at radius 1 is 1.07 bits per heavy atom. The second-order valence-corrected chi connectivity index (χ2v) is 12.0. The molecule has 3 aromatic rings. The average Bonchev–Trinajstić information content (AvgIpc) is 3.46. The molecule has 0 saturated carbocycles. The van der Waals surface area contributed by atoms with Crippen molar-refractivity contribution >= 4 is 73.4 Å². The quantitative estimate of drug-likeness (QED) is 0.243. The SMILES string of the molecule is C=CCn1c(=NC(=O)CSCC(=O)Nc2sc3c(c2C(=O)OCC)CCCC3)sc2cc(C(=O)OCC)ccc21. The molecule has 0 radical (unpaired) electrons. The molecule has 0 unspecified atom stereocenters. The molecule has 12 heteroatoms. The molecule has 1 N–H and O–H groups in total. The Bertz CT molecular complexity index is 1520. The van der Waals surface area contributed by atoms with Gasteiger partial charge in [0, 0.05) is 11.4 Å². The van der Waals surface area contributed by atoms with E-state index in [0.717, 1.165) is 58.1 Å². The first-order valence-corrected chi connectivity index (χ1v) is 15.8. The summed E-state index contributed by atoms with van der Waals surface area (Å²) < 4.78 is 13.0. The fourth-order valence-corrected chi connectivity index (χ4v) is 7.40. The second kappa shape index (κ2) is 13.9. The molecule has 0 aliphatic heterocycles. The predicted molar refractivity (Wildman–Crippen MR) is 159 cm³/mol. The normalized spacial score (nSPS) is 13.1.